The molecule has 27 heavy (non-hydrogen) atoms. The van der Waals surface area contributed by atoms with Gasteiger partial charge in [0.2, 0.25) is 0 Å². The molecule has 0 unspecified atom stereocenters. The third kappa shape index (κ3) is 4.09. The van der Waals surface area contributed by atoms with Crippen LogP contribution in [0.5, 0.6) is 5.75 Å². The molecular weight excluding hydrogens is 340 g/mol. The second kappa shape index (κ2) is 7.65. The number of nitrogens with zero attached hydrogens (tertiary/aromatic N) is 5. The van der Waals surface area contributed by atoms with Crippen LogP contribution >= 0.6 is 0 Å². The molecule has 2 aromatic carbocycles. The van der Waals surface area contributed by atoms with Crippen LogP contribution in [0.25, 0.3) is 5.65 Å². The van der Waals surface area contributed by atoms with Crippen molar-refractivity contribution in [1.82, 2.24) is 19.8 Å². The highest BCUT2D eigenvalue weighted by Crippen LogP contribution is 2.14. The number of benzene rings is 2. The molecule has 7 heteroatoms. The number of ether oxygens (including phenoxy) is 1. The summed E-state index contributed by atoms with van der Waals surface area (Å²) in [6.07, 6.45) is 1.72. The number of fused-ring (bicyclic) bond motifs is 1. The van der Waals surface area contributed by atoms with E-state index in [0.717, 1.165) is 22.7 Å². The molecule has 0 spiro atoms. The molecule has 2 aromatic heterocycles. The van der Waals surface area contributed by atoms with Gasteiger partial charge in [-0.05, 0) is 42.3 Å². The minimum Gasteiger partial charge on any atom is -0.489 e. The van der Waals surface area contributed by atoms with Crippen molar-refractivity contribution in [3.05, 3.63) is 83.7 Å². The summed E-state index contributed by atoms with van der Waals surface area (Å²) in [6.45, 7) is 2.38. The van der Waals surface area contributed by atoms with E-state index in [4.69, 9.17) is 4.74 Å². The number of hydrogen-bond acceptors (Lipinski definition) is 6. The molecule has 0 atom stereocenters. The first-order chi connectivity index (χ1) is 13.3. The first kappa shape index (κ1) is 16.7. The summed E-state index contributed by atoms with van der Waals surface area (Å²) in [5.41, 5.74) is 5.67. The minimum absolute atomic E-state index is 0.530. The van der Waals surface area contributed by atoms with Gasteiger partial charge in [0.05, 0.1) is 6.21 Å². The van der Waals surface area contributed by atoms with Crippen LogP contribution in [-0.4, -0.2) is 26.0 Å². The van der Waals surface area contributed by atoms with Crippen LogP contribution in [0.3, 0.4) is 0 Å². The predicted molar refractivity (Wildman–Crippen MR) is 104 cm³/mol. The van der Waals surface area contributed by atoms with E-state index in [1.165, 1.54) is 0 Å². The Kier molecular flexibility index (Phi) is 4.74. The molecule has 0 aliphatic heterocycles. The van der Waals surface area contributed by atoms with Crippen LogP contribution in [0.2, 0.25) is 0 Å². The Hall–Kier alpha value is -3.74. The van der Waals surface area contributed by atoms with Crippen molar-refractivity contribution in [3.63, 3.8) is 0 Å². The Labute approximate surface area is 156 Å². The highest BCUT2D eigenvalue weighted by atomic mass is 16.5. The van der Waals surface area contributed by atoms with Crippen LogP contribution in [0.1, 0.15) is 17.0 Å². The summed E-state index contributed by atoms with van der Waals surface area (Å²) in [5.74, 6) is 2.13. The average Bonchev–Trinajstić information content (AvgIpc) is 3.08. The van der Waals surface area contributed by atoms with Crippen molar-refractivity contribution < 1.29 is 4.74 Å². The molecule has 0 radical (unpaired) electrons. The van der Waals surface area contributed by atoms with Crippen LogP contribution < -0.4 is 10.2 Å². The lowest BCUT2D eigenvalue weighted by molar-refractivity contribution is 0.306. The van der Waals surface area contributed by atoms with Crippen LogP contribution in [0.4, 0.5) is 5.82 Å². The van der Waals surface area contributed by atoms with Gasteiger partial charge in [0.1, 0.15) is 12.4 Å². The monoisotopic (exact) mass is 358 g/mol. The molecule has 2 heterocycles. The normalized spacial score (nSPS) is 11.1. The molecule has 4 rings (SSSR count). The lowest BCUT2D eigenvalue weighted by Crippen LogP contribution is -2.00. The van der Waals surface area contributed by atoms with Gasteiger partial charge in [0.25, 0.3) is 0 Å². The largest absolute Gasteiger partial charge is 0.489 e. The molecule has 0 fully saturated rings. The fourth-order valence-corrected chi connectivity index (χ4v) is 2.55. The van der Waals surface area contributed by atoms with Gasteiger partial charge in [-0.15, -0.1) is 15.3 Å². The summed E-state index contributed by atoms with van der Waals surface area (Å²) in [7, 11) is 0. The smallest absolute Gasteiger partial charge is 0.178 e. The number of aryl methyl sites for hydroxylation is 1. The van der Waals surface area contributed by atoms with E-state index in [-0.39, 0.29) is 0 Å². The van der Waals surface area contributed by atoms with Crippen molar-refractivity contribution >= 4 is 17.7 Å². The van der Waals surface area contributed by atoms with Gasteiger partial charge < -0.3 is 4.74 Å². The summed E-state index contributed by atoms with van der Waals surface area (Å²) in [5, 5.41) is 16.6. The molecule has 1 N–H and O–H groups in total. The number of aromatic nitrogens is 4. The summed E-state index contributed by atoms with van der Waals surface area (Å²) >= 11 is 0. The fraction of sp³-hybridized carbons (Fsp3) is 0.100. The zero-order chi connectivity index (χ0) is 18.5. The Bertz CT molecular complexity index is 1070. The molecule has 0 saturated carbocycles. The van der Waals surface area contributed by atoms with Gasteiger partial charge in [-0.2, -0.15) is 9.62 Å². The highest BCUT2D eigenvalue weighted by Gasteiger charge is 2.02. The zero-order valence-electron chi connectivity index (χ0n) is 14.8. The number of hydrogen-bond donors (Lipinski definition) is 1. The van der Waals surface area contributed by atoms with Crippen LogP contribution in [0.15, 0.2) is 71.8 Å². The molecule has 0 aliphatic carbocycles. The maximum Gasteiger partial charge on any atom is 0.178 e. The molecule has 0 saturated heterocycles. The maximum atomic E-state index is 5.84. The van der Waals surface area contributed by atoms with Gasteiger partial charge >= 0.3 is 0 Å². The second-order valence-electron chi connectivity index (χ2n) is 5.95. The zero-order valence-corrected chi connectivity index (χ0v) is 14.8. The van der Waals surface area contributed by atoms with Crippen LogP contribution in [0, 0.1) is 6.92 Å². The van der Waals surface area contributed by atoms with Crippen LogP contribution in [-0.2, 0) is 6.61 Å². The Morgan fingerprint density at radius 3 is 2.81 bits per heavy atom. The third-order valence-electron chi connectivity index (χ3n) is 3.92. The van der Waals surface area contributed by atoms with Gasteiger partial charge in [-0.3, -0.25) is 5.43 Å². The standard InChI is InChI=1S/C20H18N6O/c1-15-22-24-20-11-10-19(25-26(15)20)23-21-13-17-8-5-9-18(12-17)27-14-16-6-3-2-4-7-16/h2-13H,14H2,1H3,(H,23,25). The number of nitrogens with one attached hydrogen (secondary N) is 1. The molecular formula is C20H18N6O. The van der Waals surface area contributed by atoms with E-state index in [9.17, 15) is 0 Å². The topological polar surface area (TPSA) is 76.7 Å². The van der Waals surface area contributed by atoms with E-state index < -0.39 is 0 Å². The SMILES string of the molecule is Cc1nnc2ccc(NN=Cc3cccc(OCc4ccccc4)c3)nn12. The predicted octanol–water partition coefficient (Wildman–Crippen LogP) is 3.46. The number of rotatable bonds is 6. The van der Waals surface area contributed by atoms with E-state index in [1.54, 1.807) is 16.8 Å². The maximum absolute atomic E-state index is 5.84. The van der Waals surface area contributed by atoms with Crippen molar-refractivity contribution in [2.24, 2.45) is 5.10 Å². The van der Waals surface area contributed by atoms with Gasteiger partial charge in [0, 0.05) is 0 Å². The van der Waals surface area contributed by atoms with Crippen molar-refractivity contribution in [2.45, 2.75) is 13.5 Å². The fourth-order valence-electron chi connectivity index (χ4n) is 2.55. The van der Waals surface area contributed by atoms with E-state index >= 15 is 0 Å². The Morgan fingerprint density at radius 2 is 1.93 bits per heavy atom. The lowest BCUT2D eigenvalue weighted by atomic mass is 10.2. The first-order valence-corrected chi connectivity index (χ1v) is 8.53. The molecule has 0 amide bonds. The first-order valence-electron chi connectivity index (χ1n) is 8.53. The molecule has 0 aliphatic rings. The number of anilines is 1. The third-order valence-corrected chi connectivity index (χ3v) is 3.92. The summed E-state index contributed by atoms with van der Waals surface area (Å²) < 4.78 is 7.50. The van der Waals surface area contributed by atoms with Crippen molar-refractivity contribution in [3.8, 4) is 5.75 Å². The van der Waals surface area contributed by atoms with Gasteiger partial charge in [0.15, 0.2) is 17.3 Å². The van der Waals surface area contributed by atoms with Gasteiger partial charge in [-0.25, -0.2) is 0 Å². The Balaban J connectivity index is 1.40. The molecule has 4 aromatic rings. The quantitative estimate of drug-likeness (QED) is 0.422. The second-order valence-corrected chi connectivity index (χ2v) is 5.95. The summed E-state index contributed by atoms with van der Waals surface area (Å²) in [6, 6.07) is 21.5. The minimum atomic E-state index is 0.530. The average molecular weight is 358 g/mol. The molecule has 0 bridgehead atoms. The van der Waals surface area contributed by atoms with Crippen molar-refractivity contribution in [2.75, 3.05) is 5.43 Å². The molecule has 7 nitrogen and oxygen atoms in total. The van der Waals surface area contributed by atoms with Crippen molar-refractivity contribution in [1.29, 1.82) is 0 Å². The van der Waals surface area contributed by atoms with E-state index in [0.29, 0.717) is 18.1 Å². The number of hydrazone groups is 1. The van der Waals surface area contributed by atoms with E-state index in [2.05, 4.69) is 25.8 Å². The lowest BCUT2D eigenvalue weighted by Gasteiger charge is -2.06. The summed E-state index contributed by atoms with van der Waals surface area (Å²) in [4.78, 5) is 0. The molecule has 134 valence electrons. The van der Waals surface area contributed by atoms with Gasteiger partial charge in [-0.1, -0.05) is 42.5 Å². The van der Waals surface area contributed by atoms with E-state index in [1.807, 2.05) is 67.6 Å². The highest BCUT2D eigenvalue weighted by molar-refractivity contribution is 5.80. The Morgan fingerprint density at radius 1 is 1.04 bits per heavy atom.